The van der Waals surface area contributed by atoms with Crippen LogP contribution in [0.3, 0.4) is 0 Å². The molecule has 2 fully saturated rings. The average Bonchev–Trinajstić information content (AvgIpc) is 3.20. The summed E-state index contributed by atoms with van der Waals surface area (Å²) in [5.41, 5.74) is 1.11. The summed E-state index contributed by atoms with van der Waals surface area (Å²) in [6, 6.07) is 7.90. The molecule has 0 aliphatic heterocycles. The topological polar surface area (TPSA) is 41.1 Å². The maximum Gasteiger partial charge on any atom is 0.220 e. The maximum atomic E-state index is 13.2. The van der Waals surface area contributed by atoms with Crippen molar-refractivity contribution in [3.8, 4) is 0 Å². The molecule has 1 aromatic rings. The van der Waals surface area contributed by atoms with E-state index in [2.05, 4.69) is 10.6 Å². The van der Waals surface area contributed by atoms with Gasteiger partial charge < -0.3 is 10.6 Å². The first kappa shape index (κ1) is 14.5. The van der Waals surface area contributed by atoms with Crippen molar-refractivity contribution in [2.75, 3.05) is 6.54 Å². The zero-order valence-corrected chi connectivity index (χ0v) is 12.3. The van der Waals surface area contributed by atoms with E-state index in [1.807, 2.05) is 6.07 Å². The van der Waals surface area contributed by atoms with Gasteiger partial charge in [-0.3, -0.25) is 4.79 Å². The predicted octanol–water partition coefficient (Wildman–Crippen LogP) is 2.72. The van der Waals surface area contributed by atoms with Crippen LogP contribution >= 0.6 is 0 Å². The van der Waals surface area contributed by atoms with Gasteiger partial charge in [0.05, 0.1) is 0 Å². The number of carbonyl (C=O) groups is 1. The van der Waals surface area contributed by atoms with Gasteiger partial charge in [0, 0.05) is 18.5 Å². The zero-order chi connectivity index (χ0) is 14.7. The van der Waals surface area contributed by atoms with Crippen LogP contribution in [0.5, 0.6) is 0 Å². The lowest BCUT2D eigenvalue weighted by molar-refractivity contribution is -0.121. The number of nitrogens with one attached hydrogen (secondary N) is 2. The van der Waals surface area contributed by atoms with Gasteiger partial charge >= 0.3 is 0 Å². The van der Waals surface area contributed by atoms with Gasteiger partial charge in [-0.15, -0.1) is 0 Å². The van der Waals surface area contributed by atoms with Crippen molar-refractivity contribution in [1.29, 1.82) is 0 Å². The van der Waals surface area contributed by atoms with Gasteiger partial charge in [-0.1, -0.05) is 12.1 Å². The van der Waals surface area contributed by atoms with Crippen LogP contribution in [0, 0.1) is 5.82 Å². The van der Waals surface area contributed by atoms with E-state index in [-0.39, 0.29) is 11.7 Å². The number of hydrogen-bond donors (Lipinski definition) is 2. The first-order chi connectivity index (χ1) is 10.2. The van der Waals surface area contributed by atoms with E-state index in [9.17, 15) is 9.18 Å². The Balaban J connectivity index is 1.27. The van der Waals surface area contributed by atoms with Gasteiger partial charge in [0.1, 0.15) is 5.82 Å². The summed E-state index contributed by atoms with van der Waals surface area (Å²) >= 11 is 0. The summed E-state index contributed by atoms with van der Waals surface area (Å²) in [6.45, 7) is 0.888. The van der Waals surface area contributed by atoms with Crippen molar-refractivity contribution in [2.24, 2.45) is 0 Å². The van der Waals surface area contributed by atoms with Gasteiger partial charge in [0.15, 0.2) is 0 Å². The number of halogens is 1. The molecule has 1 amide bonds. The van der Waals surface area contributed by atoms with E-state index >= 15 is 0 Å². The van der Waals surface area contributed by atoms with E-state index in [1.165, 1.54) is 6.07 Å². The summed E-state index contributed by atoms with van der Waals surface area (Å²) < 4.78 is 13.2. The molecule has 0 saturated heterocycles. The number of rotatable bonds is 7. The Morgan fingerprint density at radius 1 is 1.24 bits per heavy atom. The molecule has 2 aliphatic rings. The van der Waals surface area contributed by atoms with Crippen LogP contribution in [-0.4, -0.2) is 24.5 Å². The molecule has 0 spiro atoms. The van der Waals surface area contributed by atoms with Crippen molar-refractivity contribution in [3.63, 3.8) is 0 Å². The Morgan fingerprint density at radius 3 is 2.76 bits per heavy atom. The summed E-state index contributed by atoms with van der Waals surface area (Å²) in [7, 11) is 0. The van der Waals surface area contributed by atoms with Crippen molar-refractivity contribution in [1.82, 2.24) is 10.6 Å². The standard InChI is InChI=1S/C17H23FN2O/c18-14-4-1-3-12(9-14)13-10-16(11-13)19-8-2-5-17(21)20-15-6-7-15/h1,3-4,9,13,15-16,19H,2,5-8,10-11H2,(H,20,21). The lowest BCUT2D eigenvalue weighted by Gasteiger charge is -2.36. The molecule has 2 saturated carbocycles. The molecule has 0 atom stereocenters. The van der Waals surface area contributed by atoms with Gasteiger partial charge in [-0.05, 0) is 62.3 Å². The lowest BCUT2D eigenvalue weighted by Crippen LogP contribution is -2.40. The SMILES string of the molecule is O=C(CCCNC1CC(c2cccc(F)c2)C1)NC1CC1. The molecule has 1 aromatic carbocycles. The third kappa shape index (κ3) is 4.27. The van der Waals surface area contributed by atoms with Crippen molar-refractivity contribution < 1.29 is 9.18 Å². The van der Waals surface area contributed by atoms with Gasteiger partial charge in [0.2, 0.25) is 5.91 Å². The molecule has 0 bridgehead atoms. The molecule has 0 radical (unpaired) electrons. The molecule has 3 nitrogen and oxygen atoms in total. The molecule has 2 N–H and O–H groups in total. The maximum absolute atomic E-state index is 13.2. The summed E-state index contributed by atoms with van der Waals surface area (Å²) in [5, 5.41) is 6.49. The normalized spacial score (nSPS) is 24.4. The third-order valence-corrected chi connectivity index (χ3v) is 4.41. The Hall–Kier alpha value is -1.42. The first-order valence-electron chi connectivity index (χ1n) is 7.99. The summed E-state index contributed by atoms with van der Waals surface area (Å²) in [6.07, 6.45) is 5.93. The van der Waals surface area contributed by atoms with Crippen LogP contribution in [0.1, 0.15) is 50.0 Å². The van der Waals surface area contributed by atoms with Gasteiger partial charge in [-0.2, -0.15) is 0 Å². The van der Waals surface area contributed by atoms with Crippen LogP contribution in [-0.2, 0) is 4.79 Å². The minimum absolute atomic E-state index is 0.148. The highest BCUT2D eigenvalue weighted by Crippen LogP contribution is 2.36. The second-order valence-electron chi connectivity index (χ2n) is 6.32. The largest absolute Gasteiger partial charge is 0.353 e. The van der Waals surface area contributed by atoms with Crippen molar-refractivity contribution >= 4 is 5.91 Å². The number of carbonyl (C=O) groups excluding carboxylic acids is 1. The molecule has 0 heterocycles. The van der Waals surface area contributed by atoms with Crippen LogP contribution in [0.4, 0.5) is 4.39 Å². The van der Waals surface area contributed by atoms with E-state index in [4.69, 9.17) is 0 Å². The monoisotopic (exact) mass is 290 g/mol. The highest BCUT2D eigenvalue weighted by Gasteiger charge is 2.29. The molecule has 0 aromatic heterocycles. The smallest absolute Gasteiger partial charge is 0.220 e. The Morgan fingerprint density at radius 2 is 2.05 bits per heavy atom. The highest BCUT2D eigenvalue weighted by molar-refractivity contribution is 5.76. The van der Waals surface area contributed by atoms with Crippen molar-refractivity contribution in [2.45, 2.75) is 56.5 Å². The number of hydrogen-bond acceptors (Lipinski definition) is 2. The van der Waals surface area contributed by atoms with E-state index in [0.29, 0.717) is 24.4 Å². The molecule has 0 unspecified atom stereocenters. The van der Waals surface area contributed by atoms with Gasteiger partial charge in [0.25, 0.3) is 0 Å². The van der Waals surface area contributed by atoms with E-state index in [1.54, 1.807) is 12.1 Å². The zero-order valence-electron chi connectivity index (χ0n) is 12.3. The summed E-state index contributed by atoms with van der Waals surface area (Å²) in [5.74, 6) is 0.521. The summed E-state index contributed by atoms with van der Waals surface area (Å²) in [4.78, 5) is 11.5. The van der Waals surface area contributed by atoms with E-state index in [0.717, 1.165) is 44.2 Å². The van der Waals surface area contributed by atoms with E-state index < -0.39 is 0 Å². The van der Waals surface area contributed by atoms with Gasteiger partial charge in [-0.25, -0.2) is 4.39 Å². The molecule has 4 heteroatoms. The number of benzene rings is 1. The minimum atomic E-state index is -0.148. The Bertz CT molecular complexity index is 495. The average molecular weight is 290 g/mol. The minimum Gasteiger partial charge on any atom is -0.353 e. The highest BCUT2D eigenvalue weighted by atomic mass is 19.1. The molecule has 114 valence electrons. The fourth-order valence-electron chi connectivity index (χ4n) is 2.90. The van der Waals surface area contributed by atoms with Crippen LogP contribution in [0.15, 0.2) is 24.3 Å². The Labute approximate surface area is 125 Å². The molecular weight excluding hydrogens is 267 g/mol. The molecule has 21 heavy (non-hydrogen) atoms. The molecular formula is C17H23FN2O. The second kappa shape index (κ2) is 6.56. The lowest BCUT2D eigenvalue weighted by atomic mass is 9.76. The van der Waals surface area contributed by atoms with Crippen LogP contribution in [0.25, 0.3) is 0 Å². The first-order valence-corrected chi connectivity index (χ1v) is 7.99. The molecule has 3 rings (SSSR count). The molecule has 2 aliphatic carbocycles. The fraction of sp³-hybridized carbons (Fsp3) is 0.588. The Kier molecular flexibility index (Phi) is 4.54. The van der Waals surface area contributed by atoms with Crippen molar-refractivity contribution in [3.05, 3.63) is 35.6 Å². The number of amides is 1. The predicted molar refractivity (Wildman–Crippen MR) is 80.6 cm³/mol. The second-order valence-corrected chi connectivity index (χ2v) is 6.32. The quantitative estimate of drug-likeness (QED) is 0.758. The van der Waals surface area contributed by atoms with Crippen LogP contribution in [0.2, 0.25) is 0 Å². The fourth-order valence-corrected chi connectivity index (χ4v) is 2.90. The van der Waals surface area contributed by atoms with Crippen LogP contribution < -0.4 is 10.6 Å². The third-order valence-electron chi connectivity index (χ3n) is 4.41.